The summed E-state index contributed by atoms with van der Waals surface area (Å²) in [5.41, 5.74) is 3.73. The van der Waals surface area contributed by atoms with Gasteiger partial charge in [-0.1, -0.05) is 31.8 Å². The lowest BCUT2D eigenvalue weighted by Crippen LogP contribution is -2.22. The lowest BCUT2D eigenvalue weighted by atomic mass is 10.0. The number of methoxy groups -OCH3 is 1. The molecule has 2 aromatic heterocycles. The van der Waals surface area contributed by atoms with Crippen molar-refractivity contribution in [2.24, 2.45) is 0 Å². The molecule has 0 bridgehead atoms. The zero-order chi connectivity index (χ0) is 23.3. The molecule has 0 aliphatic carbocycles. The van der Waals surface area contributed by atoms with Crippen LogP contribution in [0.1, 0.15) is 18.4 Å². The van der Waals surface area contributed by atoms with E-state index in [-0.39, 0.29) is 12.9 Å². The molecular formula is C25H35N3O4Si. The van der Waals surface area contributed by atoms with E-state index < -0.39 is 8.07 Å². The minimum Gasteiger partial charge on any atom is -0.467 e. The van der Waals surface area contributed by atoms with Crippen LogP contribution in [0.5, 0.6) is 5.75 Å². The van der Waals surface area contributed by atoms with Crippen LogP contribution in [0.3, 0.4) is 0 Å². The summed E-state index contributed by atoms with van der Waals surface area (Å²) in [6.07, 6.45) is 5.50. The molecule has 0 spiro atoms. The van der Waals surface area contributed by atoms with Gasteiger partial charge in [-0.3, -0.25) is 0 Å². The maximum atomic E-state index is 6.03. The van der Waals surface area contributed by atoms with Gasteiger partial charge in [-0.05, 0) is 42.6 Å². The van der Waals surface area contributed by atoms with Crippen molar-refractivity contribution >= 4 is 19.1 Å². The van der Waals surface area contributed by atoms with E-state index in [0.29, 0.717) is 6.73 Å². The van der Waals surface area contributed by atoms with Crippen LogP contribution in [0.15, 0.2) is 36.5 Å². The molecule has 1 atom stereocenters. The Labute approximate surface area is 197 Å². The van der Waals surface area contributed by atoms with Gasteiger partial charge in [-0.25, -0.2) is 0 Å². The molecule has 3 aromatic rings. The lowest BCUT2D eigenvalue weighted by Gasteiger charge is -2.15. The van der Waals surface area contributed by atoms with Gasteiger partial charge in [0.05, 0.1) is 11.8 Å². The van der Waals surface area contributed by atoms with Crippen molar-refractivity contribution in [3.8, 4) is 17.0 Å². The summed E-state index contributed by atoms with van der Waals surface area (Å²) in [6.45, 7) is 9.37. The van der Waals surface area contributed by atoms with Crippen molar-refractivity contribution in [1.29, 1.82) is 0 Å². The van der Waals surface area contributed by atoms with E-state index in [0.717, 1.165) is 66.6 Å². The van der Waals surface area contributed by atoms with E-state index >= 15 is 0 Å². The molecule has 1 aliphatic rings. The second kappa shape index (κ2) is 10.8. The normalized spacial score (nSPS) is 16.5. The Morgan fingerprint density at radius 1 is 1.18 bits per heavy atom. The predicted octanol–water partition coefficient (Wildman–Crippen LogP) is 5.11. The van der Waals surface area contributed by atoms with Crippen molar-refractivity contribution in [3.05, 3.63) is 42.1 Å². The number of ether oxygens (including phenoxy) is 4. The van der Waals surface area contributed by atoms with Gasteiger partial charge < -0.3 is 23.5 Å². The van der Waals surface area contributed by atoms with Crippen LogP contribution in [0.4, 0.5) is 0 Å². The van der Waals surface area contributed by atoms with Gasteiger partial charge in [0.1, 0.15) is 12.5 Å². The number of aromatic nitrogens is 3. The summed E-state index contributed by atoms with van der Waals surface area (Å²) in [5, 5.41) is 10.3. The first kappa shape index (κ1) is 23.9. The maximum absolute atomic E-state index is 6.03. The molecule has 0 saturated carbocycles. The first-order valence-electron chi connectivity index (χ1n) is 11.7. The standard InChI is InChI=1S/C25H35N3O4Si/c1-29-18-32-24-10-6-5-9-21(24)23-15-22-19(14-20-8-7-11-31-20)16-28(25(22)27-26-23)17-30-12-13-33(2,3)4/h5-6,9-10,15-16,20H,7-8,11-14,17-18H2,1-4H3. The Balaban J connectivity index is 1.64. The maximum Gasteiger partial charge on any atom is 0.188 e. The highest BCUT2D eigenvalue weighted by atomic mass is 28.3. The Bertz CT molecular complexity index is 1060. The average molecular weight is 470 g/mol. The molecule has 1 aliphatic heterocycles. The molecule has 1 fully saturated rings. The van der Waals surface area contributed by atoms with E-state index in [9.17, 15) is 0 Å². The van der Waals surface area contributed by atoms with Gasteiger partial charge >= 0.3 is 0 Å². The minimum atomic E-state index is -1.13. The molecule has 0 radical (unpaired) electrons. The Kier molecular flexibility index (Phi) is 7.80. The van der Waals surface area contributed by atoms with Crippen LogP contribution in [0.25, 0.3) is 22.3 Å². The Morgan fingerprint density at radius 3 is 2.79 bits per heavy atom. The third-order valence-electron chi connectivity index (χ3n) is 5.90. The van der Waals surface area contributed by atoms with E-state index in [1.165, 1.54) is 5.56 Å². The Hall–Kier alpha value is -2.26. The molecule has 1 unspecified atom stereocenters. The largest absolute Gasteiger partial charge is 0.467 e. The molecule has 7 nitrogen and oxygen atoms in total. The van der Waals surface area contributed by atoms with Gasteiger partial charge in [0.15, 0.2) is 12.4 Å². The number of para-hydroxylation sites is 1. The number of nitrogens with zero attached hydrogens (tertiary/aromatic N) is 3. The van der Waals surface area contributed by atoms with Crippen molar-refractivity contribution < 1.29 is 18.9 Å². The zero-order valence-electron chi connectivity index (χ0n) is 20.2. The average Bonchev–Trinajstić information content (AvgIpc) is 3.43. The summed E-state index contributed by atoms with van der Waals surface area (Å²) in [4.78, 5) is 0. The lowest BCUT2D eigenvalue weighted by molar-refractivity contribution is 0.0515. The van der Waals surface area contributed by atoms with E-state index in [2.05, 4.69) is 46.7 Å². The minimum absolute atomic E-state index is 0.183. The van der Waals surface area contributed by atoms with Crippen molar-refractivity contribution in [2.75, 3.05) is 27.1 Å². The van der Waals surface area contributed by atoms with E-state index in [4.69, 9.17) is 18.9 Å². The number of benzene rings is 1. The van der Waals surface area contributed by atoms with Gasteiger partial charge in [0, 0.05) is 52.0 Å². The van der Waals surface area contributed by atoms with Gasteiger partial charge in [-0.2, -0.15) is 0 Å². The first-order chi connectivity index (χ1) is 15.9. The van der Waals surface area contributed by atoms with Crippen molar-refractivity contribution in [2.45, 2.75) is 57.8 Å². The third kappa shape index (κ3) is 6.20. The third-order valence-corrected chi connectivity index (χ3v) is 7.60. The molecule has 33 heavy (non-hydrogen) atoms. The molecule has 0 N–H and O–H groups in total. The van der Waals surface area contributed by atoms with E-state index in [1.54, 1.807) is 7.11 Å². The molecule has 8 heteroatoms. The van der Waals surface area contributed by atoms with Gasteiger partial charge in [0.25, 0.3) is 0 Å². The fourth-order valence-corrected chi connectivity index (χ4v) is 4.82. The number of hydrogen-bond donors (Lipinski definition) is 0. The molecule has 1 saturated heterocycles. The van der Waals surface area contributed by atoms with Gasteiger partial charge in [-0.15, -0.1) is 10.2 Å². The highest BCUT2D eigenvalue weighted by molar-refractivity contribution is 6.76. The SMILES string of the molecule is COCOc1ccccc1-c1cc2c(CC3CCCO3)cn(COCC[Si](C)(C)C)c2nn1. The predicted molar refractivity (Wildman–Crippen MR) is 132 cm³/mol. The van der Waals surface area contributed by atoms with Crippen molar-refractivity contribution in [1.82, 2.24) is 14.8 Å². The molecule has 3 heterocycles. The van der Waals surface area contributed by atoms with Crippen LogP contribution in [-0.2, 0) is 27.4 Å². The highest BCUT2D eigenvalue weighted by Crippen LogP contribution is 2.32. The zero-order valence-corrected chi connectivity index (χ0v) is 21.2. The van der Waals surface area contributed by atoms with Crippen LogP contribution in [-0.4, -0.2) is 56.1 Å². The number of hydrogen-bond acceptors (Lipinski definition) is 6. The second-order valence-electron chi connectivity index (χ2n) is 9.83. The number of fused-ring (bicyclic) bond motifs is 1. The topological polar surface area (TPSA) is 67.6 Å². The molecule has 4 rings (SSSR count). The van der Waals surface area contributed by atoms with Crippen LogP contribution < -0.4 is 4.74 Å². The number of rotatable bonds is 11. The summed E-state index contributed by atoms with van der Waals surface area (Å²) in [5.74, 6) is 0.725. The second-order valence-corrected chi connectivity index (χ2v) is 15.4. The summed E-state index contributed by atoms with van der Waals surface area (Å²) < 4.78 is 24.9. The van der Waals surface area contributed by atoms with Crippen LogP contribution in [0, 0.1) is 0 Å². The molecule has 0 amide bonds. The Morgan fingerprint density at radius 2 is 2.03 bits per heavy atom. The molecule has 178 valence electrons. The quantitative estimate of drug-likeness (QED) is 0.221. The highest BCUT2D eigenvalue weighted by Gasteiger charge is 2.21. The van der Waals surface area contributed by atoms with Gasteiger partial charge in [0.2, 0.25) is 0 Å². The van der Waals surface area contributed by atoms with Crippen LogP contribution in [0.2, 0.25) is 25.7 Å². The molecular weight excluding hydrogens is 434 g/mol. The van der Waals surface area contributed by atoms with Crippen molar-refractivity contribution in [3.63, 3.8) is 0 Å². The summed E-state index contributed by atoms with van der Waals surface area (Å²) >= 11 is 0. The monoisotopic (exact) mass is 469 g/mol. The van der Waals surface area contributed by atoms with E-state index in [1.807, 2.05) is 24.3 Å². The van der Waals surface area contributed by atoms with Crippen LogP contribution >= 0.6 is 0 Å². The fourth-order valence-electron chi connectivity index (χ4n) is 4.06. The summed E-state index contributed by atoms with van der Waals surface area (Å²) in [7, 11) is 0.483. The molecule has 1 aromatic carbocycles. The fraction of sp³-hybridized carbons (Fsp3) is 0.520. The summed E-state index contributed by atoms with van der Waals surface area (Å²) in [6, 6.07) is 11.1. The smallest absolute Gasteiger partial charge is 0.188 e. The first-order valence-corrected chi connectivity index (χ1v) is 15.4.